The quantitative estimate of drug-likeness (QED) is 0.549. The molecule has 1 rings (SSSR count). The van der Waals surface area contributed by atoms with Crippen LogP contribution in [0.15, 0.2) is 29.3 Å². The van der Waals surface area contributed by atoms with Crippen LogP contribution in [0.4, 0.5) is 18.9 Å². The first-order valence-corrected chi connectivity index (χ1v) is 5.26. The molecule has 0 aliphatic carbocycles. The second-order valence-corrected chi connectivity index (χ2v) is 4.23. The Morgan fingerprint density at radius 3 is 2.25 bits per heavy atom. The minimum absolute atomic E-state index is 0.306. The van der Waals surface area contributed by atoms with Crippen molar-refractivity contribution in [2.45, 2.75) is 11.0 Å². The predicted octanol–water partition coefficient (Wildman–Crippen LogP) is 4.78. The minimum atomic E-state index is -4.49. The Labute approximate surface area is 105 Å². The molecule has 0 spiro atoms. The van der Waals surface area contributed by atoms with Crippen molar-refractivity contribution in [2.24, 2.45) is 4.99 Å². The molecule has 1 nitrogen and oxygen atoms in total. The second kappa shape index (κ2) is 5.25. The molecule has 0 N–H and O–H groups in total. The lowest BCUT2D eigenvalue weighted by Gasteiger charge is -2.09. The van der Waals surface area contributed by atoms with Crippen molar-refractivity contribution in [3.05, 3.63) is 29.8 Å². The molecular weight excluding hydrogens is 285 g/mol. The van der Waals surface area contributed by atoms with Gasteiger partial charge in [-0.3, -0.25) is 0 Å². The molecule has 7 heteroatoms. The van der Waals surface area contributed by atoms with E-state index in [0.29, 0.717) is 0 Å². The van der Waals surface area contributed by atoms with Gasteiger partial charge in [0.1, 0.15) is 5.17 Å². The summed E-state index contributed by atoms with van der Waals surface area (Å²) in [6.07, 6.45) is -4.49. The fourth-order valence-corrected chi connectivity index (χ4v) is 1.16. The van der Waals surface area contributed by atoms with Crippen LogP contribution in [0.3, 0.4) is 0 Å². The Morgan fingerprint density at radius 1 is 1.19 bits per heavy atom. The maximum atomic E-state index is 12.5. The zero-order chi connectivity index (χ0) is 12.3. The van der Waals surface area contributed by atoms with Gasteiger partial charge < -0.3 is 0 Å². The van der Waals surface area contributed by atoms with Gasteiger partial charge in [0.05, 0.1) is 11.3 Å². The van der Waals surface area contributed by atoms with Gasteiger partial charge in [0.25, 0.3) is 0 Å². The Bertz CT molecular complexity index is 401. The molecule has 1 aromatic carbocycles. The molecule has 0 amide bonds. The summed E-state index contributed by atoms with van der Waals surface area (Å²) in [5.41, 5.74) is -1.20. The van der Waals surface area contributed by atoms with E-state index in [4.69, 9.17) is 34.8 Å². The van der Waals surface area contributed by atoms with Gasteiger partial charge in [-0.2, -0.15) is 13.2 Å². The number of halogens is 6. The van der Waals surface area contributed by atoms with Crippen molar-refractivity contribution in [1.29, 1.82) is 0 Å². The van der Waals surface area contributed by atoms with Gasteiger partial charge in [-0.1, -0.05) is 46.9 Å². The lowest BCUT2D eigenvalue weighted by molar-refractivity contribution is -0.137. The Hall–Kier alpha value is -0.450. The molecule has 0 heterocycles. The summed E-state index contributed by atoms with van der Waals surface area (Å²) in [7, 11) is 0. The number of alkyl halides is 5. The number of para-hydroxylation sites is 1. The molecule has 1 aromatic rings. The van der Waals surface area contributed by atoms with E-state index in [2.05, 4.69) is 4.99 Å². The molecule has 88 valence electrons. The zero-order valence-corrected chi connectivity index (χ0v) is 9.87. The Kier molecular flexibility index (Phi) is 4.47. The highest BCUT2D eigenvalue weighted by Crippen LogP contribution is 2.36. The van der Waals surface area contributed by atoms with E-state index < -0.39 is 16.6 Å². The van der Waals surface area contributed by atoms with Gasteiger partial charge in [0, 0.05) is 0 Å². The monoisotopic (exact) mass is 289 g/mol. The van der Waals surface area contributed by atoms with Gasteiger partial charge >= 0.3 is 6.18 Å². The highest BCUT2D eigenvalue weighted by atomic mass is 35.5. The van der Waals surface area contributed by atoms with Crippen LogP contribution in [-0.2, 0) is 6.18 Å². The first-order chi connectivity index (χ1) is 7.32. The molecule has 0 aliphatic rings. The molecule has 0 fully saturated rings. The molecule has 0 aromatic heterocycles. The molecule has 0 saturated carbocycles. The van der Waals surface area contributed by atoms with E-state index in [9.17, 15) is 13.2 Å². The van der Waals surface area contributed by atoms with Gasteiger partial charge in [-0.15, -0.1) is 0 Å². The number of rotatable bonds is 2. The van der Waals surface area contributed by atoms with E-state index in [0.717, 1.165) is 6.07 Å². The first-order valence-electron chi connectivity index (χ1n) is 4.01. The summed E-state index contributed by atoms with van der Waals surface area (Å²) in [6, 6.07) is 4.76. The predicted molar refractivity (Wildman–Crippen MR) is 59.9 cm³/mol. The van der Waals surface area contributed by atoms with Crippen molar-refractivity contribution < 1.29 is 13.2 Å². The number of hydrogen-bond acceptors (Lipinski definition) is 1. The summed E-state index contributed by atoms with van der Waals surface area (Å²) in [6.45, 7) is 0. The van der Waals surface area contributed by atoms with Crippen molar-refractivity contribution >= 4 is 45.7 Å². The third-order valence-corrected chi connectivity index (χ3v) is 2.56. The minimum Gasteiger partial charge on any atom is -0.238 e. The van der Waals surface area contributed by atoms with Crippen LogP contribution in [0.2, 0.25) is 0 Å². The molecule has 0 radical (unpaired) electrons. The molecule has 0 unspecified atom stereocenters. The maximum absolute atomic E-state index is 12.5. The number of nitrogens with zero attached hydrogens (tertiary/aromatic N) is 1. The number of benzene rings is 1. The maximum Gasteiger partial charge on any atom is 0.418 e. The summed E-state index contributed by atoms with van der Waals surface area (Å²) in [5, 5.41) is -0.306. The van der Waals surface area contributed by atoms with Crippen LogP contribution in [-0.4, -0.2) is 10.0 Å². The first kappa shape index (κ1) is 13.6. The molecule has 0 aliphatic heterocycles. The normalized spacial score (nSPS) is 13.3. The van der Waals surface area contributed by atoms with Gasteiger partial charge in [-0.05, 0) is 12.1 Å². The van der Waals surface area contributed by atoms with Crippen LogP contribution in [0.5, 0.6) is 0 Å². The van der Waals surface area contributed by atoms with Gasteiger partial charge in [0.2, 0.25) is 0 Å². The largest absolute Gasteiger partial charge is 0.418 e. The second-order valence-electron chi connectivity index (χ2n) is 2.75. The average molecular weight is 290 g/mol. The van der Waals surface area contributed by atoms with Crippen molar-refractivity contribution in [2.75, 3.05) is 0 Å². The molecule has 16 heavy (non-hydrogen) atoms. The number of hydrogen-bond donors (Lipinski definition) is 0. The summed E-state index contributed by atoms with van der Waals surface area (Å²) < 4.78 is 37.6. The van der Waals surface area contributed by atoms with Crippen LogP contribution in [0.25, 0.3) is 0 Å². The molecule has 0 atom stereocenters. The summed E-state index contributed by atoms with van der Waals surface area (Å²) >= 11 is 16.2. The standard InChI is InChI=1S/C9H5Cl3F3N/c10-7(11)8(12)16-6-4-2-1-3-5(6)9(13,14)15/h1-4,7H. The Morgan fingerprint density at radius 2 is 1.75 bits per heavy atom. The summed E-state index contributed by atoms with van der Waals surface area (Å²) in [5.74, 6) is 0. The van der Waals surface area contributed by atoms with E-state index in [1.807, 2.05) is 0 Å². The molecular formula is C9H5Cl3F3N. The average Bonchev–Trinajstić information content (AvgIpc) is 2.16. The van der Waals surface area contributed by atoms with Crippen LogP contribution >= 0.6 is 34.8 Å². The molecule has 0 saturated heterocycles. The third-order valence-electron chi connectivity index (χ3n) is 1.62. The fourth-order valence-electron chi connectivity index (χ4n) is 0.975. The topological polar surface area (TPSA) is 12.4 Å². The third kappa shape index (κ3) is 3.54. The van der Waals surface area contributed by atoms with Crippen LogP contribution in [0, 0.1) is 0 Å². The van der Waals surface area contributed by atoms with Crippen molar-refractivity contribution in [3.63, 3.8) is 0 Å². The lowest BCUT2D eigenvalue weighted by atomic mass is 10.2. The van der Waals surface area contributed by atoms with E-state index in [-0.39, 0.29) is 10.9 Å². The number of aliphatic imine (C=N–C) groups is 1. The SMILES string of the molecule is FC(F)(F)c1ccccc1N=C(Cl)C(Cl)Cl. The van der Waals surface area contributed by atoms with Crippen LogP contribution < -0.4 is 0 Å². The zero-order valence-electron chi connectivity index (χ0n) is 7.60. The van der Waals surface area contributed by atoms with Crippen molar-refractivity contribution in [1.82, 2.24) is 0 Å². The fraction of sp³-hybridized carbons (Fsp3) is 0.222. The Balaban J connectivity index is 3.20. The molecule has 0 bridgehead atoms. The summed E-state index contributed by atoms with van der Waals surface area (Å²) in [4.78, 5) is 2.37. The van der Waals surface area contributed by atoms with E-state index >= 15 is 0 Å². The van der Waals surface area contributed by atoms with E-state index in [1.54, 1.807) is 0 Å². The lowest BCUT2D eigenvalue weighted by Crippen LogP contribution is -2.06. The smallest absolute Gasteiger partial charge is 0.238 e. The van der Waals surface area contributed by atoms with Gasteiger partial charge in [0.15, 0.2) is 4.84 Å². The highest BCUT2D eigenvalue weighted by Gasteiger charge is 2.33. The van der Waals surface area contributed by atoms with Crippen molar-refractivity contribution in [3.8, 4) is 0 Å². The van der Waals surface area contributed by atoms with Crippen LogP contribution in [0.1, 0.15) is 5.56 Å². The van der Waals surface area contributed by atoms with Gasteiger partial charge in [-0.25, -0.2) is 4.99 Å². The highest BCUT2D eigenvalue weighted by molar-refractivity contribution is 6.77. The van der Waals surface area contributed by atoms with E-state index in [1.165, 1.54) is 18.2 Å².